The third-order valence-corrected chi connectivity index (χ3v) is 4.86. The van der Waals surface area contributed by atoms with Crippen molar-refractivity contribution in [3.63, 3.8) is 0 Å². The molecule has 0 fully saturated rings. The van der Waals surface area contributed by atoms with Crippen LogP contribution in [0.4, 0.5) is 5.69 Å². The van der Waals surface area contributed by atoms with Gasteiger partial charge in [0.25, 0.3) is 11.8 Å². The van der Waals surface area contributed by atoms with Crippen molar-refractivity contribution < 1.29 is 9.59 Å². The van der Waals surface area contributed by atoms with Gasteiger partial charge >= 0.3 is 0 Å². The average molecular weight is 340 g/mol. The summed E-state index contributed by atoms with van der Waals surface area (Å²) in [5.74, 6) is -0.615. The number of fused-ring (bicyclic) bond motifs is 1. The molecule has 4 N–H and O–H groups in total. The Morgan fingerprint density at radius 1 is 1.12 bits per heavy atom. The molecule has 0 aliphatic rings. The maximum absolute atomic E-state index is 12.0. The summed E-state index contributed by atoms with van der Waals surface area (Å²) < 4.78 is 0.798. The van der Waals surface area contributed by atoms with Crippen LogP contribution in [-0.2, 0) is 0 Å². The van der Waals surface area contributed by atoms with Crippen molar-refractivity contribution in [2.45, 2.75) is 0 Å². The van der Waals surface area contributed by atoms with E-state index in [1.54, 1.807) is 38.6 Å². The first-order chi connectivity index (χ1) is 11.4. The number of nitrogens with zero attached hydrogens (tertiary/aromatic N) is 2. The van der Waals surface area contributed by atoms with Gasteiger partial charge in [-0.3, -0.25) is 14.6 Å². The molecule has 2 heterocycles. The molecule has 0 bridgehead atoms. The fourth-order valence-electron chi connectivity index (χ4n) is 2.53. The summed E-state index contributed by atoms with van der Waals surface area (Å²) in [7, 11) is 3.41. The van der Waals surface area contributed by atoms with Crippen molar-refractivity contribution in [3.05, 3.63) is 47.1 Å². The number of primary amides is 1. The summed E-state index contributed by atoms with van der Waals surface area (Å²) in [6.07, 6.45) is 3.36. The number of pyridine rings is 1. The summed E-state index contributed by atoms with van der Waals surface area (Å²) in [6.45, 7) is 0. The standard InChI is InChI=1S/C17H16N4O2S/c1-21(2)17(23)10-5-3-9(4-6-10)11-7-20-8-12-13(11)14(18)15(24-12)16(19)22/h3-8H,18H2,1-2H3,(H2,19,22). The molecule has 2 amide bonds. The van der Waals surface area contributed by atoms with E-state index in [9.17, 15) is 9.59 Å². The molecule has 0 atom stereocenters. The number of nitrogens with two attached hydrogens (primary N) is 2. The molecule has 3 aromatic rings. The average Bonchev–Trinajstić information content (AvgIpc) is 2.91. The summed E-state index contributed by atoms with van der Waals surface area (Å²) in [4.78, 5) is 29.6. The lowest BCUT2D eigenvalue weighted by Gasteiger charge is -2.11. The van der Waals surface area contributed by atoms with Crippen molar-refractivity contribution in [1.29, 1.82) is 0 Å². The molecule has 3 rings (SSSR count). The molecule has 0 aliphatic carbocycles. The minimum absolute atomic E-state index is 0.0658. The van der Waals surface area contributed by atoms with E-state index in [1.807, 2.05) is 12.1 Å². The van der Waals surface area contributed by atoms with Gasteiger partial charge in [0.05, 0.1) is 10.4 Å². The van der Waals surface area contributed by atoms with Crippen LogP contribution in [0.15, 0.2) is 36.7 Å². The van der Waals surface area contributed by atoms with Crippen LogP contribution in [0.1, 0.15) is 20.0 Å². The zero-order valence-electron chi connectivity index (χ0n) is 13.2. The Bertz CT molecular complexity index is 945. The maximum Gasteiger partial charge on any atom is 0.260 e. The number of carbonyl (C=O) groups excluding carboxylic acids is 2. The fourth-order valence-corrected chi connectivity index (χ4v) is 3.50. The Kier molecular flexibility index (Phi) is 3.94. The highest BCUT2D eigenvalue weighted by atomic mass is 32.1. The second kappa shape index (κ2) is 5.93. The van der Waals surface area contributed by atoms with E-state index in [0.717, 1.165) is 21.2 Å². The second-order valence-electron chi connectivity index (χ2n) is 5.55. The zero-order valence-corrected chi connectivity index (χ0v) is 14.1. The molecule has 7 heteroatoms. The van der Waals surface area contributed by atoms with E-state index in [0.29, 0.717) is 16.1 Å². The Balaban J connectivity index is 2.13. The monoisotopic (exact) mass is 340 g/mol. The molecular formula is C17H16N4O2S. The number of hydrogen-bond acceptors (Lipinski definition) is 5. The number of amides is 2. The molecule has 0 aliphatic heterocycles. The molecule has 0 spiro atoms. The topological polar surface area (TPSA) is 102 Å². The van der Waals surface area contributed by atoms with Crippen molar-refractivity contribution in [1.82, 2.24) is 9.88 Å². The minimum Gasteiger partial charge on any atom is -0.397 e. The fraction of sp³-hybridized carbons (Fsp3) is 0.118. The molecule has 2 aromatic heterocycles. The van der Waals surface area contributed by atoms with Gasteiger partial charge in [0.1, 0.15) is 4.88 Å². The molecule has 1 aromatic carbocycles. The number of anilines is 1. The number of hydrogen-bond donors (Lipinski definition) is 2. The Morgan fingerprint density at radius 2 is 1.79 bits per heavy atom. The summed E-state index contributed by atoms with van der Waals surface area (Å²) in [5.41, 5.74) is 14.1. The SMILES string of the molecule is CN(C)C(=O)c1ccc(-c2cncc3sc(C(N)=O)c(N)c23)cc1. The van der Waals surface area contributed by atoms with Crippen LogP contribution >= 0.6 is 11.3 Å². The highest BCUT2D eigenvalue weighted by Crippen LogP contribution is 2.39. The second-order valence-corrected chi connectivity index (χ2v) is 6.60. The number of nitrogen functional groups attached to an aromatic ring is 1. The van der Waals surface area contributed by atoms with E-state index in [1.165, 1.54) is 16.2 Å². The smallest absolute Gasteiger partial charge is 0.260 e. The molecule has 24 heavy (non-hydrogen) atoms. The zero-order chi connectivity index (χ0) is 17.4. The lowest BCUT2D eigenvalue weighted by atomic mass is 10.0. The van der Waals surface area contributed by atoms with Crippen LogP contribution < -0.4 is 11.5 Å². The number of rotatable bonds is 3. The Hall–Kier alpha value is -2.93. The first-order valence-electron chi connectivity index (χ1n) is 7.18. The van der Waals surface area contributed by atoms with Crippen LogP contribution in [-0.4, -0.2) is 35.8 Å². The van der Waals surface area contributed by atoms with E-state index in [-0.39, 0.29) is 5.91 Å². The quantitative estimate of drug-likeness (QED) is 0.764. The molecular weight excluding hydrogens is 324 g/mol. The van der Waals surface area contributed by atoms with E-state index in [4.69, 9.17) is 11.5 Å². The maximum atomic E-state index is 12.0. The number of thiophene rings is 1. The van der Waals surface area contributed by atoms with Gasteiger partial charge in [-0.05, 0) is 17.7 Å². The van der Waals surface area contributed by atoms with Crippen molar-refractivity contribution >= 4 is 38.9 Å². The van der Waals surface area contributed by atoms with Gasteiger partial charge in [0.2, 0.25) is 0 Å². The van der Waals surface area contributed by atoms with Gasteiger partial charge in [-0.25, -0.2) is 0 Å². The van der Waals surface area contributed by atoms with Gasteiger partial charge in [0.15, 0.2) is 0 Å². The normalized spacial score (nSPS) is 10.8. The Morgan fingerprint density at radius 3 is 2.38 bits per heavy atom. The minimum atomic E-state index is -0.549. The van der Waals surface area contributed by atoms with Crippen molar-refractivity contribution in [2.75, 3.05) is 19.8 Å². The van der Waals surface area contributed by atoms with Gasteiger partial charge in [-0.1, -0.05) is 12.1 Å². The van der Waals surface area contributed by atoms with Gasteiger partial charge in [-0.15, -0.1) is 11.3 Å². The van der Waals surface area contributed by atoms with Crippen LogP contribution in [0.3, 0.4) is 0 Å². The number of benzene rings is 1. The predicted molar refractivity (Wildman–Crippen MR) is 96.0 cm³/mol. The Labute approximate surface area is 142 Å². The van der Waals surface area contributed by atoms with Gasteiger partial charge < -0.3 is 16.4 Å². The molecule has 0 radical (unpaired) electrons. The van der Waals surface area contributed by atoms with Crippen LogP contribution in [0.25, 0.3) is 21.2 Å². The first-order valence-corrected chi connectivity index (χ1v) is 7.99. The predicted octanol–water partition coefficient (Wildman–Crippen LogP) is 2.35. The molecule has 0 saturated heterocycles. The summed E-state index contributed by atoms with van der Waals surface area (Å²) in [5, 5.41) is 0.760. The third-order valence-electron chi connectivity index (χ3n) is 3.71. The molecule has 122 valence electrons. The number of carbonyl (C=O) groups is 2. The van der Waals surface area contributed by atoms with E-state index in [2.05, 4.69) is 4.98 Å². The lowest BCUT2D eigenvalue weighted by molar-refractivity contribution is 0.0827. The lowest BCUT2D eigenvalue weighted by Crippen LogP contribution is -2.21. The van der Waals surface area contributed by atoms with E-state index < -0.39 is 5.91 Å². The van der Waals surface area contributed by atoms with Gasteiger partial charge in [-0.2, -0.15) is 0 Å². The molecule has 6 nitrogen and oxygen atoms in total. The van der Waals surface area contributed by atoms with Crippen molar-refractivity contribution in [2.24, 2.45) is 5.73 Å². The van der Waals surface area contributed by atoms with Crippen LogP contribution in [0.5, 0.6) is 0 Å². The summed E-state index contributed by atoms with van der Waals surface area (Å²) in [6, 6.07) is 7.20. The van der Waals surface area contributed by atoms with Crippen LogP contribution in [0.2, 0.25) is 0 Å². The number of aromatic nitrogens is 1. The van der Waals surface area contributed by atoms with Crippen LogP contribution in [0, 0.1) is 0 Å². The molecule has 0 saturated carbocycles. The molecule has 0 unspecified atom stereocenters. The third kappa shape index (κ3) is 2.59. The van der Waals surface area contributed by atoms with Gasteiger partial charge in [0, 0.05) is 43.0 Å². The summed E-state index contributed by atoms with van der Waals surface area (Å²) >= 11 is 1.23. The highest BCUT2D eigenvalue weighted by molar-refractivity contribution is 7.21. The van der Waals surface area contributed by atoms with Crippen molar-refractivity contribution in [3.8, 4) is 11.1 Å². The van der Waals surface area contributed by atoms with E-state index >= 15 is 0 Å². The largest absolute Gasteiger partial charge is 0.397 e. The first kappa shape index (κ1) is 15.9. The highest BCUT2D eigenvalue weighted by Gasteiger charge is 2.18.